The van der Waals surface area contributed by atoms with E-state index in [1.807, 2.05) is 0 Å². The maximum absolute atomic E-state index is 13.9. The summed E-state index contributed by atoms with van der Waals surface area (Å²) in [7, 11) is 0. The molecule has 1 N–H and O–H groups in total. The smallest absolute Gasteiger partial charge is 0.271 e. The Morgan fingerprint density at radius 2 is 1.93 bits per heavy atom. The molecule has 0 aliphatic heterocycles. The Hall–Kier alpha value is -2.91. The number of aromatic nitrogens is 2. The van der Waals surface area contributed by atoms with Crippen molar-refractivity contribution in [1.82, 2.24) is 9.55 Å². The van der Waals surface area contributed by atoms with Gasteiger partial charge in [-0.05, 0) is 35.9 Å². The molecule has 1 amide bonds. The van der Waals surface area contributed by atoms with Crippen LogP contribution in [0.25, 0.3) is 21.3 Å². The Balaban J connectivity index is 1.60. The summed E-state index contributed by atoms with van der Waals surface area (Å²) in [5.74, 6) is -1.49. The minimum atomic E-state index is -0.587. The minimum absolute atomic E-state index is 0.0232. The fourth-order valence-corrected chi connectivity index (χ4v) is 4.13. The van der Waals surface area contributed by atoms with E-state index in [0.717, 1.165) is 11.1 Å². The van der Waals surface area contributed by atoms with Gasteiger partial charge in [-0.25, -0.2) is 13.8 Å². The Kier molecular flexibility index (Phi) is 5.25. The number of thiophene rings is 1. The van der Waals surface area contributed by atoms with Gasteiger partial charge in [-0.15, -0.1) is 11.3 Å². The molecule has 2 aromatic heterocycles. The van der Waals surface area contributed by atoms with Crippen molar-refractivity contribution >= 4 is 49.1 Å². The van der Waals surface area contributed by atoms with Crippen LogP contribution < -0.4 is 10.9 Å². The van der Waals surface area contributed by atoms with E-state index in [2.05, 4.69) is 26.2 Å². The summed E-state index contributed by atoms with van der Waals surface area (Å²) >= 11 is 4.35. The largest absolute Gasteiger partial charge is 0.322 e. The number of hydrogen-bond donors (Lipinski definition) is 1. The van der Waals surface area contributed by atoms with Gasteiger partial charge in [0.1, 0.15) is 22.9 Å². The fourth-order valence-electron chi connectivity index (χ4n) is 2.82. The molecule has 0 bridgehead atoms. The second-order valence-electron chi connectivity index (χ2n) is 6.18. The minimum Gasteiger partial charge on any atom is -0.322 e. The number of carbonyl (C=O) groups is 1. The first-order valence-corrected chi connectivity index (χ1v) is 10.1. The SMILES string of the molecule is O=C(Cn1cnc2c(-c3ccc(F)cc3)csc2c1=O)Nc1ccc(Br)cc1F. The lowest BCUT2D eigenvalue weighted by atomic mass is 10.1. The standard InChI is InChI=1S/C20H12BrF2N3O2S/c21-12-3-6-16(15(23)7-12)25-17(27)8-26-10-24-18-14(9-29-19(18)20(26)28)11-1-4-13(22)5-2-11/h1-7,9-10H,8H2,(H,25,27). The molecule has 2 heterocycles. The molecule has 4 rings (SSSR count). The molecular weight excluding hydrogens is 464 g/mol. The summed E-state index contributed by atoms with van der Waals surface area (Å²) in [5, 5.41) is 4.21. The molecule has 0 aliphatic rings. The Labute approximate surface area is 175 Å². The highest BCUT2D eigenvalue weighted by Crippen LogP contribution is 2.30. The number of fused-ring (bicyclic) bond motifs is 1. The Morgan fingerprint density at radius 3 is 2.66 bits per heavy atom. The van der Waals surface area contributed by atoms with E-state index in [1.54, 1.807) is 23.6 Å². The van der Waals surface area contributed by atoms with Gasteiger partial charge in [0.15, 0.2) is 0 Å². The monoisotopic (exact) mass is 475 g/mol. The average molecular weight is 476 g/mol. The summed E-state index contributed by atoms with van der Waals surface area (Å²) in [6.07, 6.45) is 1.28. The summed E-state index contributed by atoms with van der Waals surface area (Å²) in [4.78, 5) is 29.3. The van der Waals surface area contributed by atoms with Crippen LogP contribution in [-0.4, -0.2) is 15.5 Å². The van der Waals surface area contributed by atoms with E-state index in [1.165, 1.54) is 46.5 Å². The lowest BCUT2D eigenvalue weighted by molar-refractivity contribution is -0.116. The van der Waals surface area contributed by atoms with Crippen LogP contribution in [0, 0.1) is 11.6 Å². The van der Waals surface area contributed by atoms with Gasteiger partial charge >= 0.3 is 0 Å². The maximum atomic E-state index is 13.9. The van der Waals surface area contributed by atoms with Crippen LogP contribution >= 0.6 is 27.3 Å². The van der Waals surface area contributed by atoms with Crippen molar-refractivity contribution in [2.45, 2.75) is 6.54 Å². The molecule has 0 saturated heterocycles. The van der Waals surface area contributed by atoms with Crippen LogP contribution in [0.15, 0.2) is 63.4 Å². The lowest BCUT2D eigenvalue weighted by Gasteiger charge is -2.08. The lowest BCUT2D eigenvalue weighted by Crippen LogP contribution is -2.27. The number of anilines is 1. The molecule has 2 aromatic carbocycles. The Bertz CT molecular complexity index is 1290. The van der Waals surface area contributed by atoms with Crippen molar-refractivity contribution in [3.8, 4) is 11.1 Å². The first kappa shape index (κ1) is 19.4. The molecule has 0 fully saturated rings. The van der Waals surface area contributed by atoms with Gasteiger partial charge in [0.25, 0.3) is 5.56 Å². The molecule has 9 heteroatoms. The number of hydrogen-bond acceptors (Lipinski definition) is 4. The van der Waals surface area contributed by atoms with Gasteiger partial charge in [-0.1, -0.05) is 28.1 Å². The van der Waals surface area contributed by atoms with Crippen molar-refractivity contribution in [3.63, 3.8) is 0 Å². The van der Waals surface area contributed by atoms with Crippen LogP contribution in [0.2, 0.25) is 0 Å². The van der Waals surface area contributed by atoms with Gasteiger partial charge in [0, 0.05) is 15.4 Å². The van der Waals surface area contributed by atoms with Crippen LogP contribution in [-0.2, 0) is 11.3 Å². The second-order valence-corrected chi connectivity index (χ2v) is 7.98. The highest BCUT2D eigenvalue weighted by molar-refractivity contribution is 9.10. The second kappa shape index (κ2) is 7.84. The highest BCUT2D eigenvalue weighted by atomic mass is 79.9. The van der Waals surface area contributed by atoms with Gasteiger partial charge in [0.05, 0.1) is 17.5 Å². The zero-order valence-electron chi connectivity index (χ0n) is 14.7. The van der Waals surface area contributed by atoms with Crippen molar-refractivity contribution in [3.05, 3.63) is 80.6 Å². The van der Waals surface area contributed by atoms with Crippen LogP contribution in [0.5, 0.6) is 0 Å². The Morgan fingerprint density at radius 1 is 1.17 bits per heavy atom. The molecule has 146 valence electrons. The molecule has 5 nitrogen and oxygen atoms in total. The third kappa shape index (κ3) is 3.96. The van der Waals surface area contributed by atoms with E-state index >= 15 is 0 Å². The number of halogens is 3. The summed E-state index contributed by atoms with van der Waals surface area (Å²) < 4.78 is 29.1. The summed E-state index contributed by atoms with van der Waals surface area (Å²) in [6.45, 7) is -0.305. The number of benzene rings is 2. The van der Waals surface area contributed by atoms with Crippen LogP contribution in [0.4, 0.5) is 14.5 Å². The van der Waals surface area contributed by atoms with E-state index in [9.17, 15) is 18.4 Å². The molecule has 0 saturated carbocycles. The van der Waals surface area contributed by atoms with E-state index < -0.39 is 11.7 Å². The molecule has 4 aromatic rings. The molecule has 0 atom stereocenters. The van der Waals surface area contributed by atoms with Gasteiger partial charge in [0.2, 0.25) is 5.91 Å². The van der Waals surface area contributed by atoms with Crippen LogP contribution in [0.1, 0.15) is 0 Å². The molecular formula is C20H12BrF2N3O2S. The quantitative estimate of drug-likeness (QED) is 0.460. The van der Waals surface area contributed by atoms with E-state index in [0.29, 0.717) is 14.7 Å². The molecule has 0 radical (unpaired) electrons. The third-order valence-corrected chi connectivity index (χ3v) is 5.67. The topological polar surface area (TPSA) is 64.0 Å². The average Bonchev–Trinajstić information content (AvgIpc) is 3.12. The molecule has 0 spiro atoms. The van der Waals surface area contributed by atoms with Gasteiger partial charge < -0.3 is 5.32 Å². The van der Waals surface area contributed by atoms with E-state index in [4.69, 9.17) is 0 Å². The number of nitrogens with one attached hydrogen (secondary N) is 1. The van der Waals surface area contributed by atoms with Crippen LogP contribution in [0.3, 0.4) is 0 Å². The van der Waals surface area contributed by atoms with Crippen molar-refractivity contribution in [2.75, 3.05) is 5.32 Å². The van der Waals surface area contributed by atoms with Gasteiger partial charge in [-0.2, -0.15) is 0 Å². The zero-order chi connectivity index (χ0) is 20.5. The zero-order valence-corrected chi connectivity index (χ0v) is 17.1. The predicted molar refractivity (Wildman–Crippen MR) is 112 cm³/mol. The first-order valence-electron chi connectivity index (χ1n) is 8.40. The summed E-state index contributed by atoms with van der Waals surface area (Å²) in [6, 6.07) is 10.2. The van der Waals surface area contributed by atoms with Crippen molar-refractivity contribution in [2.24, 2.45) is 0 Å². The summed E-state index contributed by atoms with van der Waals surface area (Å²) in [5.41, 5.74) is 1.60. The molecule has 0 aliphatic carbocycles. The fraction of sp³-hybridized carbons (Fsp3) is 0.0500. The number of carbonyl (C=O) groups excluding carboxylic acids is 1. The number of rotatable bonds is 4. The molecule has 0 unspecified atom stereocenters. The highest BCUT2D eigenvalue weighted by Gasteiger charge is 2.15. The normalized spacial score (nSPS) is 11.0. The van der Waals surface area contributed by atoms with Crippen molar-refractivity contribution in [1.29, 1.82) is 0 Å². The predicted octanol–water partition coefficient (Wildman–Crippen LogP) is 4.80. The third-order valence-electron chi connectivity index (χ3n) is 4.22. The molecule has 29 heavy (non-hydrogen) atoms. The van der Waals surface area contributed by atoms with Crippen molar-refractivity contribution < 1.29 is 13.6 Å². The first-order chi connectivity index (χ1) is 13.9. The van der Waals surface area contributed by atoms with E-state index in [-0.39, 0.29) is 23.6 Å². The van der Waals surface area contributed by atoms with Gasteiger partial charge in [-0.3, -0.25) is 14.2 Å². The maximum Gasteiger partial charge on any atom is 0.271 e. The number of amides is 1. The number of nitrogens with zero attached hydrogens (tertiary/aromatic N) is 2.